The summed E-state index contributed by atoms with van der Waals surface area (Å²) in [6.45, 7) is 4.16. The van der Waals surface area contributed by atoms with Crippen LogP contribution < -0.4 is 11.1 Å². The van der Waals surface area contributed by atoms with Crippen molar-refractivity contribution < 1.29 is 9.53 Å². The third-order valence-electron chi connectivity index (χ3n) is 2.89. The molecule has 0 bridgehead atoms. The van der Waals surface area contributed by atoms with Gasteiger partial charge in [-0.15, -0.1) is 0 Å². The van der Waals surface area contributed by atoms with Crippen LogP contribution in [0.25, 0.3) is 0 Å². The van der Waals surface area contributed by atoms with Gasteiger partial charge in [-0.1, -0.05) is 17.7 Å². The second-order valence-corrected chi connectivity index (χ2v) is 4.51. The van der Waals surface area contributed by atoms with Crippen LogP contribution in [0.4, 0.5) is 17.1 Å². The normalized spacial score (nSPS) is 10.1. The van der Waals surface area contributed by atoms with Gasteiger partial charge in [0.15, 0.2) is 0 Å². The second kappa shape index (κ2) is 6.10. The molecule has 0 saturated carbocycles. The molecule has 20 heavy (non-hydrogen) atoms. The third kappa shape index (κ3) is 3.29. The number of carbonyl (C=O) groups excluding carboxylic acids is 1. The maximum atomic E-state index is 11.6. The highest BCUT2D eigenvalue weighted by molar-refractivity contribution is 5.92. The molecule has 0 atom stereocenters. The van der Waals surface area contributed by atoms with E-state index in [1.807, 2.05) is 31.2 Å². The van der Waals surface area contributed by atoms with Gasteiger partial charge in [0.25, 0.3) is 0 Å². The van der Waals surface area contributed by atoms with Crippen LogP contribution in [0.1, 0.15) is 22.8 Å². The zero-order valence-corrected chi connectivity index (χ0v) is 11.6. The van der Waals surface area contributed by atoms with E-state index in [-0.39, 0.29) is 5.97 Å². The number of carbonyl (C=O) groups is 1. The molecule has 0 aromatic heterocycles. The minimum absolute atomic E-state index is 0.349. The monoisotopic (exact) mass is 270 g/mol. The topological polar surface area (TPSA) is 64.3 Å². The van der Waals surface area contributed by atoms with Crippen molar-refractivity contribution in [3.8, 4) is 0 Å². The van der Waals surface area contributed by atoms with E-state index >= 15 is 0 Å². The lowest BCUT2D eigenvalue weighted by Gasteiger charge is -2.11. The van der Waals surface area contributed by atoms with Gasteiger partial charge in [-0.2, -0.15) is 0 Å². The molecule has 0 aliphatic rings. The number of nitrogens with two attached hydrogens (primary N) is 1. The molecule has 0 amide bonds. The van der Waals surface area contributed by atoms with Crippen LogP contribution in [0.3, 0.4) is 0 Å². The first-order chi connectivity index (χ1) is 9.60. The predicted molar refractivity (Wildman–Crippen MR) is 81.3 cm³/mol. The van der Waals surface area contributed by atoms with E-state index in [0.29, 0.717) is 17.9 Å². The van der Waals surface area contributed by atoms with Crippen molar-refractivity contribution in [1.82, 2.24) is 0 Å². The van der Waals surface area contributed by atoms with Gasteiger partial charge in [-0.3, -0.25) is 0 Å². The van der Waals surface area contributed by atoms with Gasteiger partial charge in [0.05, 0.1) is 23.5 Å². The van der Waals surface area contributed by atoms with Crippen LogP contribution in [-0.2, 0) is 4.74 Å². The Hall–Kier alpha value is -2.49. The van der Waals surface area contributed by atoms with E-state index in [1.54, 1.807) is 25.1 Å². The molecule has 0 radical (unpaired) electrons. The Morgan fingerprint density at radius 2 is 1.90 bits per heavy atom. The SMILES string of the molecule is CCOC(=O)c1ccc(Nc2ccc(C)cc2)c(N)c1. The molecule has 2 rings (SSSR count). The number of hydrogen-bond donors (Lipinski definition) is 2. The maximum Gasteiger partial charge on any atom is 0.338 e. The molecule has 0 unspecified atom stereocenters. The highest BCUT2D eigenvalue weighted by Crippen LogP contribution is 2.24. The van der Waals surface area contributed by atoms with Gasteiger partial charge >= 0.3 is 5.97 Å². The summed E-state index contributed by atoms with van der Waals surface area (Å²) >= 11 is 0. The number of anilines is 3. The number of rotatable bonds is 4. The number of esters is 1. The quantitative estimate of drug-likeness (QED) is 0.659. The molecule has 4 heteroatoms. The minimum Gasteiger partial charge on any atom is -0.462 e. The van der Waals surface area contributed by atoms with Gasteiger partial charge in [-0.25, -0.2) is 4.79 Å². The molecule has 0 heterocycles. The molecule has 0 fully saturated rings. The number of benzene rings is 2. The highest BCUT2D eigenvalue weighted by Gasteiger charge is 2.09. The van der Waals surface area contributed by atoms with E-state index in [4.69, 9.17) is 10.5 Å². The Labute approximate surface area is 118 Å². The molecule has 0 aliphatic carbocycles. The summed E-state index contributed by atoms with van der Waals surface area (Å²) in [6.07, 6.45) is 0. The molecule has 0 saturated heterocycles. The number of nitrogen functional groups attached to an aromatic ring is 1. The van der Waals surface area contributed by atoms with Gasteiger partial charge < -0.3 is 15.8 Å². The average molecular weight is 270 g/mol. The van der Waals surface area contributed by atoms with Gasteiger partial charge in [-0.05, 0) is 44.2 Å². The van der Waals surface area contributed by atoms with Gasteiger partial charge in [0, 0.05) is 5.69 Å². The van der Waals surface area contributed by atoms with Crippen LogP contribution in [0.2, 0.25) is 0 Å². The van der Waals surface area contributed by atoms with Crippen LogP contribution in [0.5, 0.6) is 0 Å². The molecule has 2 aromatic rings. The fourth-order valence-electron chi connectivity index (χ4n) is 1.81. The predicted octanol–water partition coefficient (Wildman–Crippen LogP) is 3.50. The highest BCUT2D eigenvalue weighted by atomic mass is 16.5. The summed E-state index contributed by atoms with van der Waals surface area (Å²) in [6, 6.07) is 13.1. The lowest BCUT2D eigenvalue weighted by Crippen LogP contribution is -2.06. The fraction of sp³-hybridized carbons (Fsp3) is 0.188. The summed E-state index contributed by atoms with van der Waals surface area (Å²) < 4.78 is 4.94. The van der Waals surface area contributed by atoms with E-state index in [9.17, 15) is 4.79 Å². The zero-order valence-electron chi connectivity index (χ0n) is 11.6. The van der Waals surface area contributed by atoms with Crippen molar-refractivity contribution in [2.45, 2.75) is 13.8 Å². The Balaban J connectivity index is 2.17. The summed E-state index contributed by atoms with van der Waals surface area (Å²) in [5.74, 6) is -0.360. The molecule has 3 N–H and O–H groups in total. The number of aryl methyl sites for hydroxylation is 1. The maximum absolute atomic E-state index is 11.6. The molecular weight excluding hydrogens is 252 g/mol. The van der Waals surface area contributed by atoms with Crippen molar-refractivity contribution in [1.29, 1.82) is 0 Å². The lowest BCUT2D eigenvalue weighted by atomic mass is 10.1. The summed E-state index contributed by atoms with van der Waals surface area (Å²) in [5.41, 5.74) is 9.84. The largest absolute Gasteiger partial charge is 0.462 e. The second-order valence-electron chi connectivity index (χ2n) is 4.51. The first kappa shape index (κ1) is 13.9. The van der Waals surface area contributed by atoms with Crippen molar-refractivity contribution in [3.63, 3.8) is 0 Å². The molecule has 0 aliphatic heterocycles. The number of hydrogen-bond acceptors (Lipinski definition) is 4. The molecular formula is C16H18N2O2. The Morgan fingerprint density at radius 1 is 1.20 bits per heavy atom. The fourth-order valence-corrected chi connectivity index (χ4v) is 1.81. The number of ether oxygens (including phenoxy) is 1. The van der Waals surface area contributed by atoms with E-state index in [2.05, 4.69) is 5.32 Å². The van der Waals surface area contributed by atoms with Crippen LogP contribution in [0, 0.1) is 6.92 Å². The van der Waals surface area contributed by atoms with Crippen LogP contribution >= 0.6 is 0 Å². The van der Waals surface area contributed by atoms with E-state index in [0.717, 1.165) is 11.4 Å². The summed E-state index contributed by atoms with van der Waals surface area (Å²) in [7, 11) is 0. The number of nitrogens with one attached hydrogen (secondary N) is 1. The van der Waals surface area contributed by atoms with Crippen LogP contribution in [-0.4, -0.2) is 12.6 Å². The van der Waals surface area contributed by atoms with Gasteiger partial charge in [0.2, 0.25) is 0 Å². The average Bonchev–Trinajstić information content (AvgIpc) is 2.43. The molecule has 2 aromatic carbocycles. The molecule has 4 nitrogen and oxygen atoms in total. The standard InChI is InChI=1S/C16H18N2O2/c1-3-20-16(19)12-6-9-15(14(17)10-12)18-13-7-4-11(2)5-8-13/h4-10,18H,3,17H2,1-2H3. The van der Waals surface area contributed by atoms with Crippen molar-refractivity contribution >= 4 is 23.0 Å². The minimum atomic E-state index is -0.360. The summed E-state index contributed by atoms with van der Waals surface area (Å²) in [5, 5.41) is 3.22. The Bertz CT molecular complexity index is 606. The first-order valence-corrected chi connectivity index (χ1v) is 6.50. The van der Waals surface area contributed by atoms with Gasteiger partial charge in [0.1, 0.15) is 0 Å². The van der Waals surface area contributed by atoms with Crippen molar-refractivity contribution in [2.75, 3.05) is 17.7 Å². The zero-order chi connectivity index (χ0) is 14.5. The molecule has 0 spiro atoms. The Kier molecular flexibility index (Phi) is 4.25. The first-order valence-electron chi connectivity index (χ1n) is 6.50. The Morgan fingerprint density at radius 3 is 2.50 bits per heavy atom. The smallest absolute Gasteiger partial charge is 0.338 e. The summed E-state index contributed by atoms with van der Waals surface area (Å²) in [4.78, 5) is 11.6. The van der Waals surface area contributed by atoms with E-state index < -0.39 is 0 Å². The van der Waals surface area contributed by atoms with E-state index in [1.165, 1.54) is 5.56 Å². The van der Waals surface area contributed by atoms with Crippen molar-refractivity contribution in [3.05, 3.63) is 53.6 Å². The third-order valence-corrected chi connectivity index (χ3v) is 2.89. The lowest BCUT2D eigenvalue weighted by molar-refractivity contribution is 0.0526. The molecule has 104 valence electrons. The van der Waals surface area contributed by atoms with Crippen molar-refractivity contribution in [2.24, 2.45) is 0 Å². The van der Waals surface area contributed by atoms with Crippen LogP contribution in [0.15, 0.2) is 42.5 Å².